The number of hydrogen-bond donors (Lipinski definition) is 1. The fourth-order valence-corrected chi connectivity index (χ4v) is 2.40. The highest BCUT2D eigenvalue weighted by atomic mass is 32.2. The Morgan fingerprint density at radius 1 is 1.41 bits per heavy atom. The van der Waals surface area contributed by atoms with E-state index in [1.165, 1.54) is 0 Å². The lowest BCUT2D eigenvalue weighted by molar-refractivity contribution is 0.271. The first-order valence-electron chi connectivity index (χ1n) is 5.37. The molecule has 2 rings (SSSR count). The van der Waals surface area contributed by atoms with E-state index in [-0.39, 0.29) is 6.61 Å². The average molecular weight is 249 g/mol. The first-order chi connectivity index (χ1) is 8.20. The molecule has 0 atom stereocenters. The summed E-state index contributed by atoms with van der Waals surface area (Å²) in [4.78, 5) is 8.70. The molecule has 4 nitrogen and oxygen atoms in total. The third-order valence-corrected chi connectivity index (χ3v) is 3.58. The van der Waals surface area contributed by atoms with E-state index >= 15 is 0 Å². The number of thioether (sulfide) groups is 1. The van der Waals surface area contributed by atoms with Crippen LogP contribution >= 0.6 is 11.8 Å². The van der Waals surface area contributed by atoms with Crippen molar-refractivity contribution in [3.05, 3.63) is 41.5 Å². The quantitative estimate of drug-likeness (QED) is 0.841. The molecule has 0 spiro atoms. The molecule has 2 aromatic rings. The zero-order valence-corrected chi connectivity index (χ0v) is 10.7. The van der Waals surface area contributed by atoms with Crippen molar-refractivity contribution in [2.75, 3.05) is 0 Å². The number of pyridine rings is 1. The Morgan fingerprint density at radius 2 is 2.24 bits per heavy atom. The number of aryl methyl sites for hydroxylation is 1. The van der Waals surface area contributed by atoms with Crippen molar-refractivity contribution in [3.8, 4) is 0 Å². The van der Waals surface area contributed by atoms with E-state index in [2.05, 4.69) is 9.97 Å². The molecule has 2 aromatic heterocycles. The minimum Gasteiger partial charge on any atom is -0.390 e. The molecule has 0 aliphatic carbocycles. The summed E-state index contributed by atoms with van der Waals surface area (Å²) in [7, 11) is 1.91. The summed E-state index contributed by atoms with van der Waals surface area (Å²) in [5, 5.41) is 9.97. The van der Waals surface area contributed by atoms with Crippen LogP contribution in [-0.4, -0.2) is 19.6 Å². The Hall–Kier alpha value is -1.33. The van der Waals surface area contributed by atoms with Crippen LogP contribution in [0.2, 0.25) is 0 Å². The van der Waals surface area contributed by atoms with Crippen LogP contribution in [0, 0.1) is 6.92 Å². The van der Waals surface area contributed by atoms with Gasteiger partial charge in [0.2, 0.25) is 0 Å². The summed E-state index contributed by atoms with van der Waals surface area (Å²) in [5.74, 6) is 0.789. The molecule has 1 N–H and O–H groups in total. The van der Waals surface area contributed by atoms with Gasteiger partial charge in [-0.3, -0.25) is 4.98 Å². The van der Waals surface area contributed by atoms with Crippen LogP contribution in [0.15, 0.2) is 29.6 Å². The van der Waals surface area contributed by atoms with E-state index in [9.17, 15) is 0 Å². The van der Waals surface area contributed by atoms with Gasteiger partial charge in [0.1, 0.15) is 0 Å². The van der Waals surface area contributed by atoms with Gasteiger partial charge >= 0.3 is 0 Å². The van der Waals surface area contributed by atoms with Crippen molar-refractivity contribution < 1.29 is 5.11 Å². The van der Waals surface area contributed by atoms with Crippen LogP contribution < -0.4 is 0 Å². The second-order valence-electron chi connectivity index (χ2n) is 3.81. The standard InChI is InChI=1S/C12H15N3OS/c1-9-4-3-5-10(14-9)8-17-12-13-6-11(7-16)15(12)2/h3-6,16H,7-8H2,1-2H3. The molecule has 0 aliphatic rings. The normalized spacial score (nSPS) is 10.8. The van der Waals surface area contributed by atoms with Gasteiger partial charge in [-0.2, -0.15) is 0 Å². The molecule has 5 heteroatoms. The predicted molar refractivity (Wildman–Crippen MR) is 67.7 cm³/mol. The highest BCUT2D eigenvalue weighted by molar-refractivity contribution is 7.98. The number of aromatic nitrogens is 3. The minimum absolute atomic E-state index is 0.0206. The molecule has 17 heavy (non-hydrogen) atoms. The number of imidazole rings is 1. The Bertz CT molecular complexity index is 510. The highest BCUT2D eigenvalue weighted by Crippen LogP contribution is 2.21. The SMILES string of the molecule is Cc1cccc(CSc2ncc(CO)n2C)n1. The van der Waals surface area contributed by atoms with Gasteiger partial charge < -0.3 is 9.67 Å². The molecule has 0 saturated heterocycles. The zero-order valence-electron chi connectivity index (χ0n) is 9.92. The minimum atomic E-state index is 0.0206. The summed E-state index contributed by atoms with van der Waals surface area (Å²) in [6.07, 6.45) is 1.70. The average Bonchev–Trinajstić information content (AvgIpc) is 2.67. The van der Waals surface area contributed by atoms with Crippen molar-refractivity contribution in [1.29, 1.82) is 0 Å². The summed E-state index contributed by atoms with van der Waals surface area (Å²) in [6, 6.07) is 6.00. The van der Waals surface area contributed by atoms with Gasteiger partial charge in [0.05, 0.1) is 24.2 Å². The lowest BCUT2D eigenvalue weighted by Gasteiger charge is -2.04. The van der Waals surface area contributed by atoms with Gasteiger partial charge in [0, 0.05) is 18.5 Å². The molecule has 0 amide bonds. The topological polar surface area (TPSA) is 50.9 Å². The molecule has 0 radical (unpaired) electrons. The maximum absolute atomic E-state index is 9.07. The number of rotatable bonds is 4. The summed E-state index contributed by atoms with van der Waals surface area (Å²) in [6.45, 7) is 2.01. The fourth-order valence-electron chi connectivity index (χ4n) is 1.53. The van der Waals surface area contributed by atoms with Crippen LogP contribution in [0.3, 0.4) is 0 Å². The molecule has 0 bridgehead atoms. The zero-order chi connectivity index (χ0) is 12.3. The summed E-state index contributed by atoms with van der Waals surface area (Å²) in [5.41, 5.74) is 2.90. The predicted octanol–water partition coefficient (Wildman–Crippen LogP) is 1.91. The number of aliphatic hydroxyl groups excluding tert-OH is 1. The second kappa shape index (κ2) is 5.33. The van der Waals surface area contributed by atoms with Gasteiger partial charge in [-0.15, -0.1) is 0 Å². The van der Waals surface area contributed by atoms with Gasteiger partial charge in [-0.25, -0.2) is 4.98 Å². The Kier molecular flexibility index (Phi) is 3.81. The Balaban J connectivity index is 2.05. The van der Waals surface area contributed by atoms with Crippen LogP contribution in [0.1, 0.15) is 17.1 Å². The lowest BCUT2D eigenvalue weighted by atomic mass is 10.3. The Labute approximate surface area is 105 Å². The van der Waals surface area contributed by atoms with Crippen molar-refractivity contribution in [3.63, 3.8) is 0 Å². The van der Waals surface area contributed by atoms with Gasteiger partial charge in [-0.05, 0) is 19.1 Å². The Morgan fingerprint density at radius 3 is 2.88 bits per heavy atom. The molecule has 2 heterocycles. The molecule has 90 valence electrons. The van der Waals surface area contributed by atoms with E-state index in [4.69, 9.17) is 5.11 Å². The van der Waals surface area contributed by atoms with Crippen molar-refractivity contribution in [1.82, 2.24) is 14.5 Å². The molecule has 0 aromatic carbocycles. The molecular formula is C12H15N3OS. The highest BCUT2D eigenvalue weighted by Gasteiger charge is 2.06. The molecule has 0 aliphatic heterocycles. The van der Waals surface area contributed by atoms with E-state index < -0.39 is 0 Å². The lowest BCUT2D eigenvalue weighted by Crippen LogP contribution is -1.98. The largest absolute Gasteiger partial charge is 0.390 e. The maximum Gasteiger partial charge on any atom is 0.168 e. The molecule has 0 saturated carbocycles. The van der Waals surface area contributed by atoms with E-state index in [0.29, 0.717) is 0 Å². The summed E-state index contributed by atoms with van der Waals surface area (Å²) < 4.78 is 1.90. The van der Waals surface area contributed by atoms with Crippen LogP contribution in [0.25, 0.3) is 0 Å². The van der Waals surface area contributed by atoms with E-state index in [1.54, 1.807) is 18.0 Å². The maximum atomic E-state index is 9.07. The first kappa shape index (κ1) is 12.1. The van der Waals surface area contributed by atoms with Crippen LogP contribution in [0.5, 0.6) is 0 Å². The van der Waals surface area contributed by atoms with Crippen molar-refractivity contribution in [2.45, 2.75) is 24.4 Å². The third kappa shape index (κ3) is 2.87. The van der Waals surface area contributed by atoms with Gasteiger partial charge in [-0.1, -0.05) is 17.8 Å². The van der Waals surface area contributed by atoms with E-state index in [0.717, 1.165) is 28.0 Å². The number of aliphatic hydroxyl groups is 1. The second-order valence-corrected chi connectivity index (χ2v) is 4.75. The van der Waals surface area contributed by atoms with Crippen molar-refractivity contribution in [2.24, 2.45) is 7.05 Å². The molecular weight excluding hydrogens is 234 g/mol. The van der Waals surface area contributed by atoms with Gasteiger partial charge in [0.25, 0.3) is 0 Å². The first-order valence-corrected chi connectivity index (χ1v) is 6.36. The monoisotopic (exact) mass is 249 g/mol. The molecule has 0 unspecified atom stereocenters. The van der Waals surface area contributed by atoms with Gasteiger partial charge in [0.15, 0.2) is 5.16 Å². The smallest absolute Gasteiger partial charge is 0.168 e. The number of nitrogens with zero attached hydrogens (tertiary/aromatic N) is 3. The summed E-state index contributed by atoms with van der Waals surface area (Å²) >= 11 is 1.62. The third-order valence-electron chi connectivity index (χ3n) is 2.50. The molecule has 0 fully saturated rings. The van der Waals surface area contributed by atoms with Crippen molar-refractivity contribution >= 4 is 11.8 Å². The number of hydrogen-bond acceptors (Lipinski definition) is 4. The fraction of sp³-hybridized carbons (Fsp3) is 0.333. The van der Waals surface area contributed by atoms with Crippen LogP contribution in [0.4, 0.5) is 0 Å². The van der Waals surface area contributed by atoms with Crippen LogP contribution in [-0.2, 0) is 19.4 Å². The van der Waals surface area contributed by atoms with E-state index in [1.807, 2.05) is 36.7 Å².